The summed E-state index contributed by atoms with van der Waals surface area (Å²) in [5.74, 6) is -2.91. The lowest BCUT2D eigenvalue weighted by Gasteiger charge is -2.38. The van der Waals surface area contributed by atoms with Gasteiger partial charge in [-0.3, -0.25) is 9.59 Å². The maximum atomic E-state index is 15.5. The van der Waals surface area contributed by atoms with E-state index in [1.807, 2.05) is 41.0 Å². The molecular formula is C53H71ClF3IN2O8Si2. The average molecular weight is 1140 g/mol. The van der Waals surface area contributed by atoms with Gasteiger partial charge >= 0.3 is 11.9 Å². The van der Waals surface area contributed by atoms with Gasteiger partial charge < -0.3 is 27.5 Å². The Kier molecular flexibility index (Phi) is 19.6. The zero-order valence-electron chi connectivity index (χ0n) is 43.6. The molecule has 10 nitrogen and oxygen atoms in total. The minimum Gasteiger partial charge on any atom is -0.462 e. The summed E-state index contributed by atoms with van der Waals surface area (Å²) < 4.78 is 71.8. The van der Waals surface area contributed by atoms with Gasteiger partial charge in [-0.15, -0.1) is 0 Å². The fourth-order valence-corrected chi connectivity index (χ4v) is 9.95. The molecule has 2 aromatic heterocycles. The number of hydrogen-bond donors (Lipinski definition) is 0. The van der Waals surface area contributed by atoms with E-state index >= 15 is 4.39 Å². The maximum absolute atomic E-state index is 15.5. The molecule has 0 aliphatic heterocycles. The van der Waals surface area contributed by atoms with Crippen LogP contribution in [0.25, 0.3) is 21.8 Å². The molecule has 0 N–H and O–H groups in total. The Labute approximate surface area is 432 Å². The number of carbonyl (C=O) groups excluding carboxylic acids is 2. The van der Waals surface area contributed by atoms with E-state index < -0.39 is 56.9 Å². The van der Waals surface area contributed by atoms with Crippen molar-refractivity contribution in [3.8, 4) is 0 Å². The van der Waals surface area contributed by atoms with Gasteiger partial charge in [0.2, 0.25) is 10.9 Å². The van der Waals surface area contributed by atoms with E-state index in [-0.39, 0.29) is 86.3 Å². The Morgan fingerprint density at radius 2 is 1.09 bits per heavy atom. The van der Waals surface area contributed by atoms with Gasteiger partial charge in [-0.2, -0.15) is 0 Å². The van der Waals surface area contributed by atoms with Gasteiger partial charge in [-0.1, -0.05) is 93.0 Å². The number of halogens is 5. The number of carbonyl (C=O) groups is 2. The highest BCUT2D eigenvalue weighted by Crippen LogP contribution is 2.39. The number of pyridine rings is 2. The van der Waals surface area contributed by atoms with Gasteiger partial charge in [0.1, 0.15) is 28.6 Å². The Bertz CT molecular complexity index is 2840. The van der Waals surface area contributed by atoms with Crippen LogP contribution in [0.15, 0.2) is 64.4 Å². The van der Waals surface area contributed by atoms with Crippen LogP contribution in [0.5, 0.6) is 0 Å². The van der Waals surface area contributed by atoms with Crippen molar-refractivity contribution in [2.75, 3.05) is 26.4 Å². The zero-order chi connectivity index (χ0) is 53.0. The van der Waals surface area contributed by atoms with Crippen molar-refractivity contribution in [1.29, 1.82) is 0 Å². The number of esters is 2. The fourth-order valence-electron chi connectivity index (χ4n) is 7.25. The summed E-state index contributed by atoms with van der Waals surface area (Å²) in [5, 5.41) is 0.402. The van der Waals surface area contributed by atoms with Crippen LogP contribution in [0, 0.1) is 32.9 Å². The summed E-state index contributed by atoms with van der Waals surface area (Å²) in [4.78, 5) is 51.9. The lowest BCUT2D eigenvalue weighted by atomic mass is 9.99. The van der Waals surface area contributed by atoms with Crippen LogP contribution < -0.4 is 10.9 Å². The minimum atomic E-state index is -2.13. The molecule has 2 heterocycles. The van der Waals surface area contributed by atoms with Crippen molar-refractivity contribution in [3.63, 3.8) is 0 Å². The first-order valence-electron chi connectivity index (χ1n) is 23.8. The van der Waals surface area contributed by atoms with Crippen molar-refractivity contribution in [1.82, 2.24) is 9.13 Å². The van der Waals surface area contributed by atoms with Crippen molar-refractivity contribution in [2.45, 2.75) is 138 Å². The summed E-state index contributed by atoms with van der Waals surface area (Å²) in [7, 11) is -4.17. The molecule has 5 rings (SSSR count). The van der Waals surface area contributed by atoms with Crippen LogP contribution >= 0.6 is 34.2 Å². The monoisotopic (exact) mass is 1140 g/mol. The molecule has 0 radical (unpaired) electrons. The van der Waals surface area contributed by atoms with E-state index in [4.69, 9.17) is 29.9 Å². The third-order valence-corrected chi connectivity index (χ3v) is 23.9. The quantitative estimate of drug-likeness (QED) is 0.0545. The molecule has 0 bridgehead atoms. The highest BCUT2D eigenvalue weighted by Gasteiger charge is 2.39. The Balaban J connectivity index is 0.000000313. The van der Waals surface area contributed by atoms with Crippen molar-refractivity contribution >= 4 is 84.6 Å². The van der Waals surface area contributed by atoms with E-state index in [9.17, 15) is 28.0 Å². The molecule has 3 aromatic carbocycles. The first-order valence-corrected chi connectivity index (χ1v) is 31.0. The molecule has 384 valence electrons. The first kappa shape index (κ1) is 58.8. The summed E-state index contributed by atoms with van der Waals surface area (Å²) in [6, 6.07) is 9.58. The fraction of sp³-hybridized carbons (Fsp3) is 0.509. The normalized spacial score (nSPS) is 13.4. The molecule has 0 aliphatic rings. The summed E-state index contributed by atoms with van der Waals surface area (Å²) in [6.45, 7) is 34.1. The minimum absolute atomic E-state index is 0.0210. The Hall–Kier alpha value is -3.82. The smallest absolute Gasteiger partial charge is 0.343 e. The summed E-state index contributed by atoms with van der Waals surface area (Å²) in [6.07, 6.45) is 2.85. The lowest BCUT2D eigenvalue weighted by Crippen LogP contribution is -2.42. The molecule has 2 atom stereocenters. The van der Waals surface area contributed by atoms with Crippen LogP contribution in [0.2, 0.25) is 41.3 Å². The molecular weight excluding hydrogens is 1070 g/mol. The van der Waals surface area contributed by atoms with Crippen LogP contribution in [0.3, 0.4) is 0 Å². The van der Waals surface area contributed by atoms with Gasteiger partial charge in [0.15, 0.2) is 16.6 Å². The molecule has 5 aromatic rings. The van der Waals surface area contributed by atoms with Gasteiger partial charge in [0.05, 0.1) is 54.6 Å². The number of benzene rings is 3. The highest BCUT2D eigenvalue weighted by molar-refractivity contribution is 14.1. The second-order valence-corrected chi connectivity index (χ2v) is 32.6. The molecule has 70 heavy (non-hydrogen) atoms. The van der Waals surface area contributed by atoms with Crippen LogP contribution in [0.4, 0.5) is 13.2 Å². The number of aromatic nitrogens is 2. The van der Waals surface area contributed by atoms with Crippen LogP contribution in [-0.4, -0.2) is 64.1 Å². The number of rotatable bonds is 16. The number of hydrogen-bond acceptors (Lipinski definition) is 8. The van der Waals surface area contributed by atoms with Gasteiger partial charge in [0, 0.05) is 33.2 Å². The van der Waals surface area contributed by atoms with Gasteiger partial charge in [-0.25, -0.2) is 22.8 Å². The van der Waals surface area contributed by atoms with E-state index in [1.54, 1.807) is 24.5 Å². The van der Waals surface area contributed by atoms with Crippen molar-refractivity contribution in [2.24, 2.45) is 11.8 Å². The van der Waals surface area contributed by atoms with E-state index in [0.29, 0.717) is 33.2 Å². The van der Waals surface area contributed by atoms with E-state index in [1.165, 1.54) is 48.8 Å². The third-order valence-electron chi connectivity index (χ3n) is 13.8. The number of ether oxygens (including phenoxy) is 2. The number of fused-ring (bicyclic) bond motifs is 2. The molecule has 0 fully saturated rings. The standard InChI is InChI=1S/C30H38ClF2NO4Si.C23H33FINO4Si/c1-9-37-29(36)22-16-34(26(18(2)3)17-38-39(7,8)30(4,5)6)25-15-24(32)20(14-21(25)28(22)35)13-19-11-10-12-23(31)27(19)33;1-9-29-22(28)16-12-26(19-11-17(24)18(25)10-15(19)21(16)27)20(14(2)3)13-30-31(7,8)23(4,5)6/h10-12,14-16,18,26H,9,13,17H2,1-8H3;10-12,14,20H,9,13H2,1-8H3/t26-;20-/m11/s1. The van der Waals surface area contributed by atoms with Crippen LogP contribution in [-0.2, 0) is 24.7 Å². The molecule has 0 saturated heterocycles. The van der Waals surface area contributed by atoms with Gasteiger partial charge in [0.25, 0.3) is 0 Å². The average Bonchev–Trinajstić information content (AvgIpc) is 3.24. The molecule has 0 saturated carbocycles. The van der Waals surface area contributed by atoms with Crippen LogP contribution in [0.1, 0.15) is 127 Å². The second kappa shape index (κ2) is 23.4. The highest BCUT2D eigenvalue weighted by atomic mass is 127. The molecule has 0 spiro atoms. The van der Waals surface area contributed by atoms with Gasteiger partial charge in [-0.05, 0) is 126 Å². The summed E-state index contributed by atoms with van der Waals surface area (Å²) in [5.41, 5.74) is -0.108. The first-order chi connectivity index (χ1) is 32.3. The van der Waals surface area contributed by atoms with E-state index in [2.05, 4.69) is 81.6 Å². The largest absolute Gasteiger partial charge is 0.462 e. The SMILES string of the molecule is CCOC(=O)c1cn([C@H](CO[Si](C)(C)C(C)(C)C)C(C)C)c2cc(F)c(Cc3cccc(Cl)c3F)cc2c1=O.CCOC(=O)c1cn([C@H](CO[Si](C)(C)C(C)(C)C)C(C)C)c2cc(F)c(I)cc2c1=O. The predicted octanol–water partition coefficient (Wildman–Crippen LogP) is 14.1. The zero-order valence-corrected chi connectivity index (χ0v) is 48.5. The van der Waals surface area contributed by atoms with Crippen molar-refractivity contribution in [3.05, 3.63) is 124 Å². The predicted molar refractivity (Wildman–Crippen MR) is 289 cm³/mol. The lowest BCUT2D eigenvalue weighted by molar-refractivity contribution is 0.0514. The van der Waals surface area contributed by atoms with Crippen molar-refractivity contribution < 1.29 is 41.1 Å². The second-order valence-electron chi connectivity index (χ2n) is 21.4. The molecule has 0 aliphatic carbocycles. The molecule has 0 amide bonds. The summed E-state index contributed by atoms with van der Waals surface area (Å²) >= 11 is 7.77. The Morgan fingerprint density at radius 1 is 0.671 bits per heavy atom. The molecule has 0 unspecified atom stereocenters. The maximum Gasteiger partial charge on any atom is 0.343 e. The Morgan fingerprint density at radius 3 is 1.49 bits per heavy atom. The topological polar surface area (TPSA) is 115 Å². The number of nitrogens with zero attached hydrogens (tertiary/aromatic N) is 2. The third kappa shape index (κ3) is 13.4. The molecule has 17 heteroatoms. The van der Waals surface area contributed by atoms with E-state index in [0.717, 1.165) is 0 Å².